The number of rotatable bonds is 4. The SMILES string of the molecule is CCC(C)N(C)c1cc(CCl)nc2ccccc12. The minimum absolute atomic E-state index is 0.451. The Balaban J connectivity index is 2.60. The van der Waals surface area contributed by atoms with Crippen LogP contribution in [0.25, 0.3) is 10.9 Å². The van der Waals surface area contributed by atoms with E-state index in [4.69, 9.17) is 11.6 Å². The lowest BCUT2D eigenvalue weighted by molar-refractivity contribution is 0.665. The van der Waals surface area contributed by atoms with E-state index in [1.54, 1.807) is 0 Å². The molecule has 1 aromatic heterocycles. The van der Waals surface area contributed by atoms with Crippen molar-refractivity contribution in [2.24, 2.45) is 0 Å². The summed E-state index contributed by atoms with van der Waals surface area (Å²) < 4.78 is 0. The molecule has 3 heteroatoms. The first-order valence-corrected chi connectivity index (χ1v) is 6.88. The van der Waals surface area contributed by atoms with Crippen LogP contribution in [-0.4, -0.2) is 18.1 Å². The van der Waals surface area contributed by atoms with Crippen molar-refractivity contribution >= 4 is 28.2 Å². The van der Waals surface area contributed by atoms with Crippen LogP contribution in [-0.2, 0) is 5.88 Å². The molecule has 1 heterocycles. The summed E-state index contributed by atoms with van der Waals surface area (Å²) in [6, 6.07) is 10.8. The second-order valence-corrected chi connectivity index (χ2v) is 4.92. The summed E-state index contributed by atoms with van der Waals surface area (Å²) in [5.74, 6) is 0.451. The zero-order valence-corrected chi connectivity index (χ0v) is 11.9. The summed E-state index contributed by atoms with van der Waals surface area (Å²) in [6.45, 7) is 4.43. The number of para-hydroxylation sites is 1. The van der Waals surface area contributed by atoms with E-state index in [2.05, 4.69) is 49.0 Å². The molecule has 0 aliphatic carbocycles. The fourth-order valence-corrected chi connectivity index (χ4v) is 2.22. The molecule has 2 nitrogen and oxygen atoms in total. The van der Waals surface area contributed by atoms with Gasteiger partial charge in [0.05, 0.1) is 17.1 Å². The lowest BCUT2D eigenvalue weighted by Crippen LogP contribution is -2.28. The van der Waals surface area contributed by atoms with Crippen LogP contribution in [0.2, 0.25) is 0 Å². The summed E-state index contributed by atoms with van der Waals surface area (Å²) >= 11 is 5.94. The molecule has 0 N–H and O–H groups in total. The Morgan fingerprint density at radius 1 is 1.33 bits per heavy atom. The molecule has 0 amide bonds. The number of nitrogens with zero attached hydrogens (tertiary/aromatic N) is 2. The van der Waals surface area contributed by atoms with Crippen LogP contribution in [0.15, 0.2) is 30.3 Å². The molecule has 0 fully saturated rings. The van der Waals surface area contributed by atoms with Crippen molar-refractivity contribution in [3.8, 4) is 0 Å². The van der Waals surface area contributed by atoms with E-state index in [9.17, 15) is 0 Å². The lowest BCUT2D eigenvalue weighted by Gasteiger charge is -2.27. The van der Waals surface area contributed by atoms with Crippen molar-refractivity contribution in [1.29, 1.82) is 0 Å². The molecule has 1 aromatic carbocycles. The summed E-state index contributed by atoms with van der Waals surface area (Å²) in [5.41, 5.74) is 3.16. The van der Waals surface area contributed by atoms with Crippen LogP contribution in [0.5, 0.6) is 0 Å². The molecule has 1 unspecified atom stereocenters. The summed E-state index contributed by atoms with van der Waals surface area (Å²) in [7, 11) is 2.13. The Kier molecular flexibility index (Phi) is 4.07. The van der Waals surface area contributed by atoms with Crippen molar-refractivity contribution in [2.75, 3.05) is 11.9 Å². The Morgan fingerprint density at radius 3 is 2.72 bits per heavy atom. The Morgan fingerprint density at radius 2 is 2.06 bits per heavy atom. The number of halogens is 1. The van der Waals surface area contributed by atoms with Gasteiger partial charge in [-0.25, -0.2) is 0 Å². The van der Waals surface area contributed by atoms with Crippen LogP contribution in [0.3, 0.4) is 0 Å². The molecule has 0 aliphatic heterocycles. The minimum Gasteiger partial charge on any atom is -0.371 e. The fraction of sp³-hybridized carbons (Fsp3) is 0.400. The largest absolute Gasteiger partial charge is 0.371 e. The van der Waals surface area contributed by atoms with Gasteiger partial charge in [-0.1, -0.05) is 25.1 Å². The Bertz CT molecular complexity index is 539. The first kappa shape index (κ1) is 13.2. The quantitative estimate of drug-likeness (QED) is 0.768. The molecule has 0 saturated heterocycles. The third-order valence-corrected chi connectivity index (χ3v) is 3.79. The second-order valence-electron chi connectivity index (χ2n) is 4.65. The first-order chi connectivity index (χ1) is 8.67. The topological polar surface area (TPSA) is 16.1 Å². The van der Waals surface area contributed by atoms with Gasteiger partial charge in [-0.15, -0.1) is 11.6 Å². The van der Waals surface area contributed by atoms with Crippen molar-refractivity contribution < 1.29 is 0 Å². The van der Waals surface area contributed by atoms with Gasteiger partial charge < -0.3 is 4.90 Å². The molecule has 96 valence electrons. The normalized spacial score (nSPS) is 12.7. The molecule has 0 radical (unpaired) electrons. The number of aromatic nitrogens is 1. The van der Waals surface area contributed by atoms with Crippen molar-refractivity contribution in [2.45, 2.75) is 32.2 Å². The van der Waals surface area contributed by atoms with E-state index in [0.29, 0.717) is 11.9 Å². The van der Waals surface area contributed by atoms with Gasteiger partial charge in [-0.05, 0) is 25.5 Å². The summed E-state index contributed by atoms with van der Waals surface area (Å²) in [5, 5.41) is 1.19. The Labute approximate surface area is 114 Å². The van der Waals surface area contributed by atoms with E-state index in [1.807, 2.05) is 12.1 Å². The van der Waals surface area contributed by atoms with Crippen molar-refractivity contribution in [1.82, 2.24) is 4.98 Å². The number of benzene rings is 1. The van der Waals surface area contributed by atoms with Gasteiger partial charge in [0.1, 0.15) is 0 Å². The number of anilines is 1. The molecule has 18 heavy (non-hydrogen) atoms. The molecule has 2 rings (SSSR count). The lowest BCUT2D eigenvalue weighted by atomic mass is 10.1. The molecule has 0 spiro atoms. The van der Waals surface area contributed by atoms with Crippen LogP contribution in [0, 0.1) is 0 Å². The van der Waals surface area contributed by atoms with Gasteiger partial charge in [0, 0.05) is 24.2 Å². The van der Waals surface area contributed by atoms with Crippen LogP contribution in [0.4, 0.5) is 5.69 Å². The minimum atomic E-state index is 0.451. The highest BCUT2D eigenvalue weighted by atomic mass is 35.5. The molecule has 1 atom stereocenters. The maximum atomic E-state index is 5.94. The standard InChI is InChI=1S/C15H19ClN2/c1-4-11(2)18(3)15-9-12(10-16)17-14-8-6-5-7-13(14)15/h5-9,11H,4,10H2,1-3H3. The van der Waals surface area contributed by atoms with Crippen LogP contribution in [0.1, 0.15) is 26.0 Å². The predicted octanol–water partition coefficient (Wildman–Crippen LogP) is 4.21. The maximum Gasteiger partial charge on any atom is 0.0726 e. The van der Waals surface area contributed by atoms with Crippen molar-refractivity contribution in [3.63, 3.8) is 0 Å². The molecule has 0 saturated carbocycles. The zero-order valence-electron chi connectivity index (χ0n) is 11.2. The average molecular weight is 263 g/mol. The number of fused-ring (bicyclic) bond motifs is 1. The highest BCUT2D eigenvalue weighted by Gasteiger charge is 2.13. The van der Waals surface area contributed by atoms with E-state index in [0.717, 1.165) is 17.6 Å². The van der Waals surface area contributed by atoms with Gasteiger partial charge >= 0.3 is 0 Å². The molecule has 0 aliphatic rings. The van der Waals surface area contributed by atoms with Gasteiger partial charge in [-0.2, -0.15) is 0 Å². The summed E-state index contributed by atoms with van der Waals surface area (Å²) in [6.07, 6.45) is 1.11. The number of alkyl halides is 1. The van der Waals surface area contributed by atoms with Crippen molar-refractivity contribution in [3.05, 3.63) is 36.0 Å². The van der Waals surface area contributed by atoms with E-state index in [-0.39, 0.29) is 0 Å². The molecular formula is C15H19ClN2. The molecule has 2 aromatic rings. The third-order valence-electron chi connectivity index (χ3n) is 3.52. The van der Waals surface area contributed by atoms with Gasteiger partial charge in [0.2, 0.25) is 0 Å². The van der Waals surface area contributed by atoms with Gasteiger partial charge in [0.15, 0.2) is 0 Å². The fourth-order valence-electron chi connectivity index (χ4n) is 2.08. The second kappa shape index (κ2) is 5.57. The van der Waals surface area contributed by atoms with E-state index in [1.165, 1.54) is 11.1 Å². The van der Waals surface area contributed by atoms with E-state index < -0.39 is 0 Å². The number of pyridine rings is 1. The maximum absolute atomic E-state index is 5.94. The number of hydrogen-bond donors (Lipinski definition) is 0. The smallest absolute Gasteiger partial charge is 0.0726 e. The van der Waals surface area contributed by atoms with Gasteiger partial charge in [0.25, 0.3) is 0 Å². The van der Waals surface area contributed by atoms with Gasteiger partial charge in [-0.3, -0.25) is 4.98 Å². The number of hydrogen-bond acceptors (Lipinski definition) is 2. The first-order valence-electron chi connectivity index (χ1n) is 6.34. The summed E-state index contributed by atoms with van der Waals surface area (Å²) in [4.78, 5) is 6.87. The average Bonchev–Trinajstić information content (AvgIpc) is 2.44. The predicted molar refractivity (Wildman–Crippen MR) is 79.5 cm³/mol. The third kappa shape index (κ3) is 2.44. The highest BCUT2D eigenvalue weighted by molar-refractivity contribution is 6.17. The Hall–Kier alpha value is -1.28. The molecular weight excluding hydrogens is 244 g/mol. The van der Waals surface area contributed by atoms with E-state index >= 15 is 0 Å². The van der Waals surface area contributed by atoms with Crippen LogP contribution < -0.4 is 4.90 Å². The highest BCUT2D eigenvalue weighted by Crippen LogP contribution is 2.28. The zero-order chi connectivity index (χ0) is 13.1. The van der Waals surface area contributed by atoms with Crippen LogP contribution >= 0.6 is 11.6 Å². The molecule has 0 bridgehead atoms. The monoisotopic (exact) mass is 262 g/mol.